The molecular formula is C22H44IN3O3. The molecule has 0 aromatic rings. The molecule has 0 spiro atoms. The van der Waals surface area contributed by atoms with E-state index in [-0.39, 0.29) is 24.0 Å². The maximum absolute atomic E-state index is 6.01. The summed E-state index contributed by atoms with van der Waals surface area (Å²) >= 11 is 0. The van der Waals surface area contributed by atoms with Crippen molar-refractivity contribution in [2.75, 3.05) is 53.6 Å². The standard InChI is InChI=1S/C22H43N3O3.HI/c1-23-22(25-15-12-21(13-16-25)28-19-9-17-26-2)24-14-7-4-8-18-27-20-10-5-3-6-11-20;/h20-21H,3-19H2,1-2H3,(H,23,24);1H. The number of piperidine rings is 1. The summed E-state index contributed by atoms with van der Waals surface area (Å²) in [6.45, 7) is 5.53. The van der Waals surface area contributed by atoms with E-state index in [1.54, 1.807) is 7.11 Å². The van der Waals surface area contributed by atoms with Gasteiger partial charge in [-0.2, -0.15) is 0 Å². The fraction of sp³-hybridized carbons (Fsp3) is 0.955. The molecule has 0 bridgehead atoms. The number of hydrogen-bond donors (Lipinski definition) is 1. The molecule has 1 saturated carbocycles. The molecule has 1 saturated heterocycles. The van der Waals surface area contributed by atoms with Crippen LogP contribution in [0.15, 0.2) is 4.99 Å². The fourth-order valence-corrected chi connectivity index (χ4v) is 4.11. The van der Waals surface area contributed by atoms with Crippen LogP contribution in [0.4, 0.5) is 0 Å². The summed E-state index contributed by atoms with van der Waals surface area (Å²) in [6.07, 6.45) is 14.3. The van der Waals surface area contributed by atoms with Crippen LogP contribution in [-0.4, -0.2) is 76.7 Å². The number of halogens is 1. The Balaban J connectivity index is 0.00000420. The smallest absolute Gasteiger partial charge is 0.193 e. The molecule has 0 aromatic carbocycles. The van der Waals surface area contributed by atoms with E-state index in [0.717, 1.165) is 64.7 Å². The zero-order chi connectivity index (χ0) is 19.9. The summed E-state index contributed by atoms with van der Waals surface area (Å²) in [5.41, 5.74) is 0. The summed E-state index contributed by atoms with van der Waals surface area (Å²) < 4.78 is 17.0. The van der Waals surface area contributed by atoms with Crippen LogP contribution < -0.4 is 5.32 Å². The Bertz CT molecular complexity index is 412. The van der Waals surface area contributed by atoms with E-state index in [1.165, 1.54) is 51.4 Å². The van der Waals surface area contributed by atoms with Crippen molar-refractivity contribution in [1.82, 2.24) is 10.2 Å². The third-order valence-electron chi connectivity index (χ3n) is 5.81. The molecule has 0 atom stereocenters. The van der Waals surface area contributed by atoms with Gasteiger partial charge in [0.05, 0.1) is 12.2 Å². The summed E-state index contributed by atoms with van der Waals surface area (Å²) in [4.78, 5) is 6.83. The number of unbranched alkanes of at least 4 members (excludes halogenated alkanes) is 2. The molecule has 2 aliphatic rings. The fourth-order valence-electron chi connectivity index (χ4n) is 4.11. The molecule has 7 heteroatoms. The minimum Gasteiger partial charge on any atom is -0.385 e. The van der Waals surface area contributed by atoms with Gasteiger partial charge in [0, 0.05) is 53.6 Å². The summed E-state index contributed by atoms with van der Waals surface area (Å²) in [6, 6.07) is 0. The molecule has 1 aliphatic heterocycles. The van der Waals surface area contributed by atoms with Gasteiger partial charge in [-0.3, -0.25) is 4.99 Å². The van der Waals surface area contributed by atoms with Gasteiger partial charge in [0.15, 0.2) is 5.96 Å². The van der Waals surface area contributed by atoms with E-state index in [9.17, 15) is 0 Å². The van der Waals surface area contributed by atoms with Crippen LogP contribution in [0.3, 0.4) is 0 Å². The van der Waals surface area contributed by atoms with Gasteiger partial charge in [0.25, 0.3) is 0 Å². The van der Waals surface area contributed by atoms with Crippen LogP contribution in [-0.2, 0) is 14.2 Å². The van der Waals surface area contributed by atoms with Gasteiger partial charge in [0.1, 0.15) is 0 Å². The maximum Gasteiger partial charge on any atom is 0.193 e. The lowest BCUT2D eigenvalue weighted by Crippen LogP contribution is -2.47. The first kappa shape index (κ1) is 26.9. The summed E-state index contributed by atoms with van der Waals surface area (Å²) in [5.74, 6) is 1.04. The topological polar surface area (TPSA) is 55.3 Å². The second kappa shape index (κ2) is 17.5. The van der Waals surface area contributed by atoms with Crippen molar-refractivity contribution in [2.24, 2.45) is 4.99 Å². The highest BCUT2D eigenvalue weighted by atomic mass is 127. The monoisotopic (exact) mass is 525 g/mol. The number of hydrogen-bond acceptors (Lipinski definition) is 4. The Morgan fingerprint density at radius 3 is 2.17 bits per heavy atom. The summed E-state index contributed by atoms with van der Waals surface area (Å²) in [5, 5.41) is 3.53. The molecule has 1 aliphatic carbocycles. The highest BCUT2D eigenvalue weighted by Gasteiger charge is 2.21. The lowest BCUT2D eigenvalue weighted by atomic mass is 9.98. The van der Waals surface area contributed by atoms with Crippen molar-refractivity contribution >= 4 is 29.9 Å². The van der Waals surface area contributed by atoms with E-state index in [0.29, 0.717) is 12.2 Å². The van der Waals surface area contributed by atoms with Crippen molar-refractivity contribution in [1.29, 1.82) is 0 Å². The van der Waals surface area contributed by atoms with Gasteiger partial charge in [-0.05, 0) is 51.4 Å². The van der Waals surface area contributed by atoms with Crippen molar-refractivity contribution in [3.8, 4) is 0 Å². The average molecular weight is 526 g/mol. The second-order valence-electron chi connectivity index (χ2n) is 8.07. The zero-order valence-electron chi connectivity index (χ0n) is 18.7. The van der Waals surface area contributed by atoms with Gasteiger partial charge < -0.3 is 24.4 Å². The number of nitrogens with zero attached hydrogens (tertiary/aromatic N) is 2. The van der Waals surface area contributed by atoms with Gasteiger partial charge in [0.2, 0.25) is 0 Å². The van der Waals surface area contributed by atoms with Crippen LogP contribution in [0.2, 0.25) is 0 Å². The largest absolute Gasteiger partial charge is 0.385 e. The molecule has 2 rings (SSSR count). The van der Waals surface area contributed by atoms with Crippen LogP contribution in [0.1, 0.15) is 70.6 Å². The third kappa shape index (κ3) is 11.7. The molecule has 2 fully saturated rings. The number of methoxy groups -OCH3 is 1. The first-order chi connectivity index (χ1) is 13.8. The molecule has 172 valence electrons. The molecule has 0 unspecified atom stereocenters. The number of nitrogens with one attached hydrogen (secondary N) is 1. The summed E-state index contributed by atoms with van der Waals surface area (Å²) in [7, 11) is 3.62. The Hall–Kier alpha value is -0.120. The van der Waals surface area contributed by atoms with Gasteiger partial charge in [-0.1, -0.05) is 19.3 Å². The number of likely N-dealkylation sites (tertiary alicyclic amines) is 1. The molecule has 29 heavy (non-hydrogen) atoms. The van der Waals surface area contributed by atoms with Gasteiger partial charge >= 0.3 is 0 Å². The lowest BCUT2D eigenvalue weighted by Gasteiger charge is -2.34. The van der Waals surface area contributed by atoms with Crippen molar-refractivity contribution in [3.05, 3.63) is 0 Å². The lowest BCUT2D eigenvalue weighted by molar-refractivity contribution is 0.00991. The molecular weight excluding hydrogens is 481 g/mol. The van der Waals surface area contributed by atoms with Gasteiger partial charge in [-0.25, -0.2) is 0 Å². The number of ether oxygens (including phenoxy) is 3. The van der Waals surface area contributed by atoms with E-state index in [1.807, 2.05) is 7.05 Å². The predicted octanol–water partition coefficient (Wildman–Crippen LogP) is 4.22. The Morgan fingerprint density at radius 2 is 1.52 bits per heavy atom. The molecule has 1 heterocycles. The Morgan fingerprint density at radius 1 is 0.862 bits per heavy atom. The number of guanidine groups is 1. The first-order valence-electron chi connectivity index (χ1n) is 11.5. The highest BCUT2D eigenvalue weighted by Crippen LogP contribution is 2.20. The third-order valence-corrected chi connectivity index (χ3v) is 5.81. The van der Waals surface area contributed by atoms with Crippen molar-refractivity contribution in [2.45, 2.75) is 82.8 Å². The van der Waals surface area contributed by atoms with Crippen LogP contribution in [0.5, 0.6) is 0 Å². The normalized spacial score (nSPS) is 19.2. The predicted molar refractivity (Wildman–Crippen MR) is 130 cm³/mol. The average Bonchev–Trinajstić information content (AvgIpc) is 2.75. The molecule has 0 aromatic heterocycles. The maximum atomic E-state index is 6.01. The molecule has 0 amide bonds. The van der Waals surface area contributed by atoms with E-state index < -0.39 is 0 Å². The first-order valence-corrected chi connectivity index (χ1v) is 11.5. The van der Waals surface area contributed by atoms with E-state index >= 15 is 0 Å². The van der Waals surface area contributed by atoms with Crippen LogP contribution in [0.25, 0.3) is 0 Å². The van der Waals surface area contributed by atoms with Crippen LogP contribution >= 0.6 is 24.0 Å². The Labute approximate surface area is 195 Å². The van der Waals surface area contributed by atoms with E-state index in [4.69, 9.17) is 14.2 Å². The minimum absolute atomic E-state index is 0. The quantitative estimate of drug-likeness (QED) is 0.179. The minimum atomic E-state index is 0. The zero-order valence-corrected chi connectivity index (χ0v) is 21.0. The SMILES string of the molecule is CN=C(NCCCCCOC1CCCCC1)N1CCC(OCCCOC)CC1.I. The molecule has 1 N–H and O–H groups in total. The Kier molecular flexibility index (Phi) is 16.3. The van der Waals surface area contributed by atoms with Crippen molar-refractivity contribution < 1.29 is 14.2 Å². The van der Waals surface area contributed by atoms with Crippen molar-refractivity contribution in [3.63, 3.8) is 0 Å². The molecule has 6 nitrogen and oxygen atoms in total. The highest BCUT2D eigenvalue weighted by molar-refractivity contribution is 14.0. The van der Waals surface area contributed by atoms with Gasteiger partial charge in [-0.15, -0.1) is 24.0 Å². The molecule has 0 radical (unpaired) electrons. The number of rotatable bonds is 12. The second-order valence-corrected chi connectivity index (χ2v) is 8.07. The number of aliphatic imine (C=N–C) groups is 1. The van der Waals surface area contributed by atoms with E-state index in [2.05, 4.69) is 15.2 Å². The van der Waals surface area contributed by atoms with Crippen LogP contribution in [0, 0.1) is 0 Å².